The van der Waals surface area contributed by atoms with Gasteiger partial charge in [0.15, 0.2) is 0 Å². The maximum Gasteiger partial charge on any atom is 0.121 e. The highest BCUT2D eigenvalue weighted by Gasteiger charge is 2.25. The fraction of sp³-hybridized carbons (Fsp3) is 0.500. The molecule has 4 nitrogen and oxygen atoms in total. The van der Waals surface area contributed by atoms with Gasteiger partial charge < -0.3 is 15.0 Å². The fourth-order valence-corrected chi connectivity index (χ4v) is 2.16. The first-order valence-corrected chi connectivity index (χ1v) is 6.28. The molecule has 0 fully saturated rings. The molecular weight excluding hydrogens is 226 g/mol. The lowest BCUT2D eigenvalue weighted by atomic mass is 9.92. The Hall–Kier alpha value is -1.55. The van der Waals surface area contributed by atoms with Crippen molar-refractivity contribution in [3.8, 4) is 5.75 Å². The zero-order chi connectivity index (χ0) is 13.3. The zero-order valence-corrected chi connectivity index (χ0v) is 11.5. The lowest BCUT2D eigenvalue weighted by Crippen LogP contribution is -2.31. The maximum absolute atomic E-state index is 5.86. The van der Waals surface area contributed by atoms with E-state index in [1.54, 1.807) is 7.11 Å². The molecule has 2 N–H and O–H groups in total. The van der Waals surface area contributed by atoms with Crippen molar-refractivity contribution in [2.24, 2.45) is 5.73 Å². The summed E-state index contributed by atoms with van der Waals surface area (Å²) in [4.78, 5) is 4.74. The lowest BCUT2D eigenvalue weighted by molar-refractivity contribution is 0.415. The van der Waals surface area contributed by atoms with E-state index in [0.29, 0.717) is 6.54 Å². The summed E-state index contributed by atoms with van der Waals surface area (Å²) < 4.78 is 7.47. The predicted molar refractivity (Wildman–Crippen MR) is 74.0 cm³/mol. The highest BCUT2D eigenvalue weighted by Crippen LogP contribution is 2.28. The molecule has 2 aromatic rings. The number of hydrogen-bond donors (Lipinski definition) is 1. The van der Waals surface area contributed by atoms with Gasteiger partial charge in [-0.1, -0.05) is 13.8 Å². The van der Waals surface area contributed by atoms with Crippen LogP contribution in [-0.2, 0) is 12.0 Å². The van der Waals surface area contributed by atoms with Crippen LogP contribution in [0.15, 0.2) is 18.2 Å². The van der Waals surface area contributed by atoms with Gasteiger partial charge in [-0.05, 0) is 19.1 Å². The van der Waals surface area contributed by atoms with E-state index in [9.17, 15) is 0 Å². The van der Waals surface area contributed by atoms with Gasteiger partial charge in [0.05, 0.1) is 18.1 Å². The average molecular weight is 247 g/mol. The van der Waals surface area contributed by atoms with Crippen molar-refractivity contribution in [3.63, 3.8) is 0 Å². The Labute approximate surface area is 108 Å². The van der Waals surface area contributed by atoms with Gasteiger partial charge in [0.1, 0.15) is 11.6 Å². The average Bonchev–Trinajstić information content (AvgIpc) is 2.76. The second-order valence-electron chi connectivity index (χ2n) is 5.12. The first-order chi connectivity index (χ1) is 8.53. The molecule has 1 aromatic carbocycles. The van der Waals surface area contributed by atoms with Gasteiger partial charge >= 0.3 is 0 Å². The van der Waals surface area contributed by atoms with Crippen LogP contribution in [-0.4, -0.2) is 23.2 Å². The van der Waals surface area contributed by atoms with Crippen LogP contribution in [0.2, 0.25) is 0 Å². The quantitative estimate of drug-likeness (QED) is 0.902. The number of aryl methyl sites for hydroxylation is 1. The molecule has 2 rings (SSSR count). The molecule has 0 amide bonds. The number of methoxy groups -OCH3 is 1. The van der Waals surface area contributed by atoms with E-state index in [0.717, 1.165) is 29.2 Å². The first kappa shape index (κ1) is 12.9. The lowest BCUT2D eigenvalue weighted by Gasteiger charge is -2.22. The second-order valence-corrected chi connectivity index (χ2v) is 5.12. The predicted octanol–water partition coefficient (Wildman–Crippen LogP) is 2.30. The molecule has 0 aliphatic heterocycles. The Balaban J connectivity index is 2.67. The van der Waals surface area contributed by atoms with Crippen LogP contribution in [0.4, 0.5) is 0 Å². The van der Waals surface area contributed by atoms with Crippen molar-refractivity contribution in [3.05, 3.63) is 24.0 Å². The topological polar surface area (TPSA) is 53.1 Å². The Morgan fingerprint density at radius 1 is 1.39 bits per heavy atom. The molecular formula is C14H21N3O. The third-order valence-corrected chi connectivity index (χ3v) is 3.39. The van der Waals surface area contributed by atoms with E-state index in [1.807, 2.05) is 12.1 Å². The van der Waals surface area contributed by atoms with Crippen LogP contribution in [0.25, 0.3) is 11.0 Å². The third kappa shape index (κ3) is 1.97. The van der Waals surface area contributed by atoms with Gasteiger partial charge in [-0.3, -0.25) is 0 Å². The van der Waals surface area contributed by atoms with E-state index < -0.39 is 0 Å². The van der Waals surface area contributed by atoms with Crippen molar-refractivity contribution in [1.82, 2.24) is 9.55 Å². The summed E-state index contributed by atoms with van der Waals surface area (Å²) in [5.41, 5.74) is 7.84. The SMILES string of the molecule is CCn1c(C(C)(C)CN)nc2cc(OC)ccc21. The van der Waals surface area contributed by atoms with Gasteiger partial charge in [-0.15, -0.1) is 0 Å². The number of aromatic nitrogens is 2. The van der Waals surface area contributed by atoms with Crippen LogP contribution < -0.4 is 10.5 Å². The summed E-state index contributed by atoms with van der Waals surface area (Å²) in [5.74, 6) is 1.87. The van der Waals surface area contributed by atoms with Crippen molar-refractivity contribution >= 4 is 11.0 Å². The Kier molecular flexibility index (Phi) is 3.30. The smallest absolute Gasteiger partial charge is 0.121 e. The molecule has 0 saturated carbocycles. The standard InChI is InChI=1S/C14H21N3O/c1-5-17-12-7-6-10(18-4)8-11(12)16-13(17)14(2,3)9-15/h6-8H,5,9,15H2,1-4H3. The largest absolute Gasteiger partial charge is 0.497 e. The molecule has 1 heterocycles. The van der Waals surface area contributed by atoms with E-state index in [4.69, 9.17) is 15.5 Å². The minimum absolute atomic E-state index is 0.123. The molecule has 4 heteroatoms. The van der Waals surface area contributed by atoms with Crippen molar-refractivity contribution in [2.75, 3.05) is 13.7 Å². The number of benzene rings is 1. The molecule has 0 bridgehead atoms. The maximum atomic E-state index is 5.86. The fourth-order valence-electron chi connectivity index (χ4n) is 2.16. The Bertz CT molecular complexity index is 557. The van der Waals surface area contributed by atoms with E-state index >= 15 is 0 Å². The summed E-state index contributed by atoms with van der Waals surface area (Å²) >= 11 is 0. The van der Waals surface area contributed by atoms with E-state index in [-0.39, 0.29) is 5.41 Å². The Morgan fingerprint density at radius 3 is 2.67 bits per heavy atom. The minimum Gasteiger partial charge on any atom is -0.497 e. The molecule has 0 aliphatic carbocycles. The molecule has 0 spiro atoms. The number of hydrogen-bond acceptors (Lipinski definition) is 3. The molecule has 0 unspecified atom stereocenters. The molecule has 0 saturated heterocycles. The van der Waals surface area contributed by atoms with E-state index in [1.165, 1.54) is 0 Å². The molecule has 0 aliphatic rings. The summed E-state index contributed by atoms with van der Waals surface area (Å²) in [6.45, 7) is 7.84. The van der Waals surface area contributed by atoms with E-state index in [2.05, 4.69) is 31.4 Å². The monoisotopic (exact) mass is 247 g/mol. The summed E-state index contributed by atoms with van der Waals surface area (Å²) in [5, 5.41) is 0. The number of imidazole rings is 1. The molecule has 1 aromatic heterocycles. The number of fused-ring (bicyclic) bond motifs is 1. The van der Waals surface area contributed by atoms with Crippen LogP contribution in [0, 0.1) is 0 Å². The molecule has 0 atom stereocenters. The van der Waals surface area contributed by atoms with Gasteiger partial charge in [-0.2, -0.15) is 0 Å². The first-order valence-electron chi connectivity index (χ1n) is 6.28. The zero-order valence-electron chi connectivity index (χ0n) is 11.5. The highest BCUT2D eigenvalue weighted by atomic mass is 16.5. The van der Waals surface area contributed by atoms with Gasteiger partial charge in [0.2, 0.25) is 0 Å². The van der Waals surface area contributed by atoms with Crippen molar-refractivity contribution < 1.29 is 4.74 Å². The minimum atomic E-state index is -0.123. The number of nitrogens with zero attached hydrogens (tertiary/aromatic N) is 2. The molecule has 0 radical (unpaired) electrons. The van der Waals surface area contributed by atoms with Crippen molar-refractivity contribution in [1.29, 1.82) is 0 Å². The van der Waals surface area contributed by atoms with Gasteiger partial charge in [-0.25, -0.2) is 4.98 Å². The number of nitrogens with two attached hydrogens (primary N) is 1. The molecule has 18 heavy (non-hydrogen) atoms. The van der Waals surface area contributed by atoms with Crippen LogP contribution in [0.5, 0.6) is 5.75 Å². The number of rotatable bonds is 4. The van der Waals surface area contributed by atoms with Crippen molar-refractivity contribution in [2.45, 2.75) is 32.7 Å². The normalized spacial score (nSPS) is 12.1. The van der Waals surface area contributed by atoms with Crippen LogP contribution in [0.3, 0.4) is 0 Å². The van der Waals surface area contributed by atoms with Gasteiger partial charge in [0.25, 0.3) is 0 Å². The van der Waals surface area contributed by atoms with Gasteiger partial charge in [0, 0.05) is 24.6 Å². The highest BCUT2D eigenvalue weighted by molar-refractivity contribution is 5.78. The summed E-state index contributed by atoms with van der Waals surface area (Å²) in [6.07, 6.45) is 0. The summed E-state index contributed by atoms with van der Waals surface area (Å²) in [7, 11) is 1.67. The third-order valence-electron chi connectivity index (χ3n) is 3.39. The summed E-state index contributed by atoms with van der Waals surface area (Å²) in [6, 6.07) is 5.99. The second kappa shape index (κ2) is 4.61. The number of ether oxygens (including phenoxy) is 1. The Morgan fingerprint density at radius 2 is 2.11 bits per heavy atom. The van der Waals surface area contributed by atoms with Crippen LogP contribution >= 0.6 is 0 Å². The van der Waals surface area contributed by atoms with Crippen LogP contribution in [0.1, 0.15) is 26.6 Å². The molecule has 98 valence electrons.